The minimum absolute atomic E-state index is 0.144. The number of aryl methyl sites for hydroxylation is 3. The number of nitrogens with zero attached hydrogens (tertiary/aromatic N) is 4. The summed E-state index contributed by atoms with van der Waals surface area (Å²) in [6, 6.07) is 9.71. The second-order valence-electron chi connectivity index (χ2n) is 8.19. The highest BCUT2D eigenvalue weighted by Crippen LogP contribution is 2.14. The zero-order valence-electron chi connectivity index (χ0n) is 18.7. The van der Waals surface area contributed by atoms with E-state index in [1.54, 1.807) is 11.6 Å². The van der Waals surface area contributed by atoms with Crippen LogP contribution in [0.25, 0.3) is 11.0 Å². The third kappa shape index (κ3) is 4.95. The summed E-state index contributed by atoms with van der Waals surface area (Å²) in [6.45, 7) is 8.97. The quantitative estimate of drug-likeness (QED) is 0.568. The molecule has 8 nitrogen and oxygen atoms in total. The maximum Gasteiger partial charge on any atom is 0.332 e. The summed E-state index contributed by atoms with van der Waals surface area (Å²) in [6.07, 6.45) is 1.40. The molecule has 166 valence electrons. The lowest BCUT2D eigenvalue weighted by molar-refractivity contribution is -0.121. The molecule has 1 aromatic carbocycles. The van der Waals surface area contributed by atoms with Crippen LogP contribution in [0.15, 0.2) is 39.9 Å². The summed E-state index contributed by atoms with van der Waals surface area (Å²) in [5.74, 6) is 0.223. The molecular formula is C23H31N5O3. The van der Waals surface area contributed by atoms with Gasteiger partial charge in [-0.2, -0.15) is 5.10 Å². The number of benzene rings is 1. The van der Waals surface area contributed by atoms with Gasteiger partial charge in [-0.05, 0) is 38.2 Å². The first-order valence-electron chi connectivity index (χ1n) is 10.8. The highest BCUT2D eigenvalue weighted by atomic mass is 16.2. The Morgan fingerprint density at radius 3 is 2.45 bits per heavy atom. The highest BCUT2D eigenvalue weighted by molar-refractivity contribution is 5.81. The number of aromatic nitrogens is 4. The van der Waals surface area contributed by atoms with Crippen LogP contribution in [-0.2, 0) is 30.8 Å². The fourth-order valence-electron chi connectivity index (χ4n) is 3.72. The average Bonchev–Trinajstić information content (AvgIpc) is 3.08. The molecule has 0 fully saturated rings. The SMILES string of the molecule is CCn1nc(C)c2c1c(=O)n(CCc1ccccc1)c(=O)n2CC(=O)NCCC(C)C. The maximum atomic E-state index is 13.3. The Morgan fingerprint density at radius 2 is 1.81 bits per heavy atom. The first kappa shape index (κ1) is 22.5. The van der Waals surface area contributed by atoms with E-state index in [1.807, 2.05) is 37.3 Å². The summed E-state index contributed by atoms with van der Waals surface area (Å²) in [5, 5.41) is 7.31. The van der Waals surface area contributed by atoms with Crippen molar-refractivity contribution in [2.45, 2.75) is 60.2 Å². The minimum Gasteiger partial charge on any atom is -0.355 e. The third-order valence-electron chi connectivity index (χ3n) is 5.39. The van der Waals surface area contributed by atoms with Gasteiger partial charge >= 0.3 is 5.69 Å². The Kier molecular flexibility index (Phi) is 7.09. The van der Waals surface area contributed by atoms with Crippen LogP contribution in [0.1, 0.15) is 38.4 Å². The average molecular weight is 426 g/mol. The van der Waals surface area contributed by atoms with Gasteiger partial charge in [0, 0.05) is 19.6 Å². The minimum atomic E-state index is -0.480. The van der Waals surface area contributed by atoms with E-state index in [1.165, 1.54) is 9.13 Å². The van der Waals surface area contributed by atoms with Crippen LogP contribution in [0, 0.1) is 12.8 Å². The van der Waals surface area contributed by atoms with Gasteiger partial charge in [0.25, 0.3) is 5.56 Å². The Morgan fingerprint density at radius 1 is 1.10 bits per heavy atom. The van der Waals surface area contributed by atoms with E-state index in [9.17, 15) is 14.4 Å². The van der Waals surface area contributed by atoms with E-state index in [0.717, 1.165) is 12.0 Å². The van der Waals surface area contributed by atoms with Crippen LogP contribution >= 0.6 is 0 Å². The molecule has 0 aliphatic heterocycles. The molecule has 3 aromatic rings. The van der Waals surface area contributed by atoms with Crippen molar-refractivity contribution in [1.82, 2.24) is 24.2 Å². The van der Waals surface area contributed by atoms with Crippen LogP contribution in [0.5, 0.6) is 0 Å². The zero-order valence-corrected chi connectivity index (χ0v) is 18.7. The molecule has 3 rings (SSSR count). The first-order chi connectivity index (χ1) is 14.8. The molecule has 0 bridgehead atoms. The predicted octanol–water partition coefficient (Wildman–Crippen LogP) is 2.09. The van der Waals surface area contributed by atoms with Crippen molar-refractivity contribution in [2.75, 3.05) is 6.54 Å². The molecule has 0 aliphatic carbocycles. The Balaban J connectivity index is 2.03. The lowest BCUT2D eigenvalue weighted by Crippen LogP contribution is -2.43. The molecule has 0 atom stereocenters. The van der Waals surface area contributed by atoms with Crippen molar-refractivity contribution in [3.63, 3.8) is 0 Å². The van der Waals surface area contributed by atoms with Crippen LogP contribution < -0.4 is 16.6 Å². The largest absolute Gasteiger partial charge is 0.355 e. The standard InChI is InChI=1S/C23H31N5O3/c1-5-28-21-20(17(4)25-28)27(15-19(29)24-13-11-16(2)3)23(31)26(22(21)30)14-12-18-9-7-6-8-10-18/h6-10,16H,5,11-15H2,1-4H3,(H,24,29). The van der Waals surface area contributed by atoms with Gasteiger partial charge in [-0.25, -0.2) is 4.79 Å². The molecule has 0 saturated carbocycles. The number of hydrogen-bond donors (Lipinski definition) is 1. The van der Waals surface area contributed by atoms with Gasteiger partial charge in [0.1, 0.15) is 12.1 Å². The molecule has 1 amide bonds. The van der Waals surface area contributed by atoms with Crippen LogP contribution in [-0.4, -0.2) is 31.4 Å². The Labute approximate surface area is 181 Å². The van der Waals surface area contributed by atoms with E-state index >= 15 is 0 Å². The number of rotatable bonds is 9. The smallest absolute Gasteiger partial charge is 0.332 e. The normalized spacial score (nSPS) is 11.4. The van der Waals surface area contributed by atoms with E-state index in [2.05, 4.69) is 24.3 Å². The predicted molar refractivity (Wildman–Crippen MR) is 121 cm³/mol. The number of nitrogens with one attached hydrogen (secondary N) is 1. The molecule has 0 saturated heterocycles. The van der Waals surface area contributed by atoms with Gasteiger partial charge in [0.2, 0.25) is 5.91 Å². The monoisotopic (exact) mass is 425 g/mol. The van der Waals surface area contributed by atoms with Crippen LogP contribution in [0.2, 0.25) is 0 Å². The second kappa shape index (κ2) is 9.76. The number of fused-ring (bicyclic) bond motifs is 1. The van der Waals surface area contributed by atoms with Crippen molar-refractivity contribution in [1.29, 1.82) is 0 Å². The highest BCUT2D eigenvalue weighted by Gasteiger charge is 2.21. The van der Waals surface area contributed by atoms with Crippen molar-refractivity contribution >= 4 is 16.9 Å². The number of hydrogen-bond acceptors (Lipinski definition) is 4. The molecule has 0 aliphatic rings. The fourth-order valence-corrected chi connectivity index (χ4v) is 3.72. The molecule has 2 aromatic heterocycles. The number of carbonyl (C=O) groups excluding carboxylic acids is 1. The van der Waals surface area contributed by atoms with Crippen LogP contribution in [0.4, 0.5) is 0 Å². The van der Waals surface area contributed by atoms with E-state index < -0.39 is 5.69 Å². The van der Waals surface area contributed by atoms with E-state index in [4.69, 9.17) is 0 Å². The Bertz CT molecular complexity index is 1170. The summed E-state index contributed by atoms with van der Waals surface area (Å²) >= 11 is 0. The van der Waals surface area contributed by atoms with Gasteiger partial charge in [0.05, 0.1) is 5.69 Å². The van der Waals surface area contributed by atoms with E-state index in [-0.39, 0.29) is 24.6 Å². The first-order valence-corrected chi connectivity index (χ1v) is 10.8. The summed E-state index contributed by atoms with van der Waals surface area (Å²) < 4.78 is 4.23. The van der Waals surface area contributed by atoms with Crippen LogP contribution in [0.3, 0.4) is 0 Å². The van der Waals surface area contributed by atoms with E-state index in [0.29, 0.717) is 42.2 Å². The van der Waals surface area contributed by atoms with Crippen molar-refractivity contribution in [2.24, 2.45) is 5.92 Å². The maximum absolute atomic E-state index is 13.3. The van der Waals surface area contributed by atoms with Gasteiger partial charge in [-0.1, -0.05) is 44.2 Å². The van der Waals surface area contributed by atoms with Crippen molar-refractivity contribution < 1.29 is 4.79 Å². The zero-order chi connectivity index (χ0) is 22.5. The number of carbonyl (C=O) groups is 1. The third-order valence-corrected chi connectivity index (χ3v) is 5.39. The lowest BCUT2D eigenvalue weighted by atomic mass is 10.1. The second-order valence-corrected chi connectivity index (χ2v) is 8.19. The fraction of sp³-hybridized carbons (Fsp3) is 0.478. The lowest BCUT2D eigenvalue weighted by Gasteiger charge is -2.14. The summed E-state index contributed by atoms with van der Waals surface area (Å²) in [4.78, 5) is 39.1. The molecule has 0 spiro atoms. The molecule has 0 radical (unpaired) electrons. The molecule has 31 heavy (non-hydrogen) atoms. The molecule has 8 heteroatoms. The molecule has 1 N–H and O–H groups in total. The van der Waals surface area contributed by atoms with Gasteiger partial charge in [0.15, 0.2) is 5.52 Å². The summed E-state index contributed by atoms with van der Waals surface area (Å²) in [5.41, 5.74) is 1.55. The van der Waals surface area contributed by atoms with Gasteiger partial charge < -0.3 is 5.32 Å². The molecule has 2 heterocycles. The topological polar surface area (TPSA) is 90.9 Å². The van der Waals surface area contributed by atoms with Crippen molar-refractivity contribution in [3.8, 4) is 0 Å². The Hall–Kier alpha value is -3.16. The molecule has 0 unspecified atom stereocenters. The number of amides is 1. The van der Waals surface area contributed by atoms with Gasteiger partial charge in [-0.15, -0.1) is 0 Å². The summed E-state index contributed by atoms with van der Waals surface area (Å²) in [7, 11) is 0. The van der Waals surface area contributed by atoms with Gasteiger partial charge in [-0.3, -0.25) is 23.4 Å². The molecular weight excluding hydrogens is 394 g/mol. The van der Waals surface area contributed by atoms with Crippen molar-refractivity contribution in [3.05, 3.63) is 62.4 Å².